The molecule has 3 N–H and O–H groups in total. The van der Waals surface area contributed by atoms with Crippen LogP contribution in [-0.2, 0) is 19.4 Å². The first-order valence-corrected chi connectivity index (χ1v) is 12.3. The van der Waals surface area contributed by atoms with Crippen LogP contribution in [0.25, 0.3) is 0 Å². The average Bonchev–Trinajstić information content (AvgIpc) is 3.14. The minimum Gasteiger partial charge on any atom is -0.321 e. The Bertz CT molecular complexity index is 1210. The summed E-state index contributed by atoms with van der Waals surface area (Å²) in [4.78, 5) is 37.2. The van der Waals surface area contributed by atoms with Crippen LogP contribution in [0.15, 0.2) is 59.7 Å². The van der Waals surface area contributed by atoms with Gasteiger partial charge in [0, 0.05) is 29.9 Å². The van der Waals surface area contributed by atoms with Gasteiger partial charge in [-0.25, -0.2) is 18.2 Å². The maximum Gasteiger partial charge on any atom is 0.323 e. The van der Waals surface area contributed by atoms with Gasteiger partial charge in [0.1, 0.15) is 5.71 Å². The largest absolute Gasteiger partial charge is 0.323 e. The molecule has 1 saturated heterocycles. The number of hydrazone groups is 1. The summed E-state index contributed by atoms with van der Waals surface area (Å²) in [7, 11) is -3.19. The molecule has 0 bridgehead atoms. The number of carbonyl (C=O) groups is 3. The van der Waals surface area contributed by atoms with E-state index in [4.69, 9.17) is 0 Å². The summed E-state index contributed by atoms with van der Waals surface area (Å²) < 4.78 is 23.5. The highest BCUT2D eigenvalue weighted by atomic mass is 32.2. The van der Waals surface area contributed by atoms with Crippen LogP contribution >= 0.6 is 0 Å². The summed E-state index contributed by atoms with van der Waals surface area (Å²) in [6, 6.07) is 14.6. The van der Waals surface area contributed by atoms with E-state index in [1.54, 1.807) is 48.5 Å². The summed E-state index contributed by atoms with van der Waals surface area (Å²) in [6.45, 7) is 0. The predicted octanol–water partition coefficient (Wildman–Crippen LogP) is 2.43. The van der Waals surface area contributed by atoms with Gasteiger partial charge in [0.25, 0.3) is 5.91 Å². The number of amides is 4. The van der Waals surface area contributed by atoms with Crippen LogP contribution in [0, 0.1) is 0 Å². The van der Waals surface area contributed by atoms with Gasteiger partial charge in [-0.2, -0.15) is 5.10 Å². The third-order valence-corrected chi connectivity index (χ3v) is 7.04. The number of sulfone groups is 1. The summed E-state index contributed by atoms with van der Waals surface area (Å²) in [5.74, 6) is -0.907. The van der Waals surface area contributed by atoms with Gasteiger partial charge < -0.3 is 16.0 Å². The number of para-hydroxylation sites is 1. The number of rotatable bonds is 5. The van der Waals surface area contributed by atoms with Crippen molar-refractivity contribution in [3.63, 3.8) is 0 Å². The molecule has 1 unspecified atom stereocenters. The minimum absolute atomic E-state index is 0.0101. The first kappa shape index (κ1) is 22.5. The van der Waals surface area contributed by atoms with Gasteiger partial charge in [-0.15, -0.1) is 0 Å². The van der Waals surface area contributed by atoms with Crippen LogP contribution in [-0.4, -0.2) is 54.5 Å². The number of nitrogens with zero attached hydrogens (tertiary/aromatic N) is 2. The number of hydrogen-bond acceptors (Lipinski definition) is 6. The van der Waals surface area contributed by atoms with Gasteiger partial charge in [0.2, 0.25) is 5.91 Å². The van der Waals surface area contributed by atoms with Crippen molar-refractivity contribution in [1.82, 2.24) is 5.01 Å². The molecule has 2 heterocycles. The second-order valence-electron chi connectivity index (χ2n) is 7.82. The first-order chi connectivity index (χ1) is 15.8. The zero-order valence-electron chi connectivity index (χ0n) is 17.7. The van der Waals surface area contributed by atoms with E-state index in [0.717, 1.165) is 5.01 Å². The van der Waals surface area contributed by atoms with E-state index < -0.39 is 27.8 Å². The monoisotopic (exact) mass is 469 g/mol. The molecular formula is C22H23N5O5S. The Morgan fingerprint density at radius 1 is 0.909 bits per heavy atom. The number of hydrogen-bond donors (Lipinski definition) is 3. The molecule has 10 nitrogen and oxygen atoms in total. The van der Waals surface area contributed by atoms with Crippen molar-refractivity contribution in [3.8, 4) is 0 Å². The molecule has 2 aliphatic rings. The molecule has 2 aromatic rings. The number of urea groups is 1. The molecule has 172 valence electrons. The molecule has 2 aromatic carbocycles. The lowest BCUT2D eigenvalue weighted by molar-refractivity contribution is -0.133. The summed E-state index contributed by atoms with van der Waals surface area (Å²) in [6.07, 6.45) is 0.563. The average molecular weight is 470 g/mol. The van der Waals surface area contributed by atoms with Crippen molar-refractivity contribution in [3.05, 3.63) is 54.6 Å². The van der Waals surface area contributed by atoms with Gasteiger partial charge in [-0.1, -0.05) is 24.3 Å². The van der Waals surface area contributed by atoms with E-state index in [-0.39, 0.29) is 36.0 Å². The first-order valence-electron chi connectivity index (χ1n) is 10.4. The van der Waals surface area contributed by atoms with Crippen LogP contribution in [0.1, 0.15) is 19.3 Å². The van der Waals surface area contributed by atoms with E-state index >= 15 is 0 Å². The lowest BCUT2D eigenvalue weighted by atomic mass is 10.1. The van der Waals surface area contributed by atoms with Crippen molar-refractivity contribution in [1.29, 1.82) is 0 Å². The lowest BCUT2D eigenvalue weighted by Gasteiger charge is -2.27. The Kier molecular flexibility index (Phi) is 6.40. The SMILES string of the molecule is O=C(Nc1ccccc1)Nc1cccc(NC(=O)C2=NN(C3CCS(=O)(=O)C3)C(=O)CC2)c1. The van der Waals surface area contributed by atoms with Crippen LogP contribution in [0.2, 0.25) is 0 Å². The van der Waals surface area contributed by atoms with Crippen molar-refractivity contribution in [2.45, 2.75) is 25.3 Å². The molecular weight excluding hydrogens is 446 g/mol. The van der Waals surface area contributed by atoms with Crippen LogP contribution in [0.4, 0.5) is 21.9 Å². The molecule has 0 radical (unpaired) electrons. The molecule has 0 spiro atoms. The molecule has 11 heteroatoms. The second-order valence-corrected chi connectivity index (χ2v) is 10.1. The molecule has 2 aliphatic heterocycles. The van der Waals surface area contributed by atoms with Crippen molar-refractivity contribution >= 4 is 50.5 Å². The van der Waals surface area contributed by atoms with E-state index in [0.29, 0.717) is 23.5 Å². The summed E-state index contributed by atoms with van der Waals surface area (Å²) in [5, 5.41) is 13.4. The molecule has 0 aromatic heterocycles. The fourth-order valence-corrected chi connectivity index (χ4v) is 5.37. The highest BCUT2D eigenvalue weighted by Crippen LogP contribution is 2.23. The zero-order chi connectivity index (χ0) is 23.4. The Morgan fingerprint density at radius 2 is 1.58 bits per heavy atom. The number of anilines is 3. The number of carbonyl (C=O) groups excluding carboxylic acids is 3. The quantitative estimate of drug-likeness (QED) is 0.618. The van der Waals surface area contributed by atoms with Crippen molar-refractivity contribution < 1.29 is 22.8 Å². The molecule has 4 amide bonds. The maximum atomic E-state index is 12.7. The molecule has 1 atom stereocenters. The Labute approximate surface area is 191 Å². The Hall–Kier alpha value is -3.73. The van der Waals surface area contributed by atoms with Gasteiger partial charge in [-0.05, 0) is 36.8 Å². The topological polar surface area (TPSA) is 137 Å². The summed E-state index contributed by atoms with van der Waals surface area (Å²) >= 11 is 0. The smallest absolute Gasteiger partial charge is 0.321 e. The fourth-order valence-electron chi connectivity index (χ4n) is 3.68. The zero-order valence-corrected chi connectivity index (χ0v) is 18.5. The normalized spacial score (nSPS) is 19.5. The van der Waals surface area contributed by atoms with Crippen LogP contribution in [0.3, 0.4) is 0 Å². The summed E-state index contributed by atoms with van der Waals surface area (Å²) in [5.41, 5.74) is 1.70. The van der Waals surface area contributed by atoms with E-state index in [9.17, 15) is 22.8 Å². The van der Waals surface area contributed by atoms with Gasteiger partial charge in [-0.3, -0.25) is 9.59 Å². The van der Waals surface area contributed by atoms with Crippen LogP contribution in [0.5, 0.6) is 0 Å². The minimum atomic E-state index is -3.19. The van der Waals surface area contributed by atoms with Crippen LogP contribution < -0.4 is 16.0 Å². The molecule has 0 saturated carbocycles. The molecule has 33 heavy (non-hydrogen) atoms. The number of benzene rings is 2. The molecule has 4 rings (SSSR count). The number of nitrogens with one attached hydrogen (secondary N) is 3. The lowest BCUT2D eigenvalue weighted by Crippen LogP contribution is -2.42. The maximum absolute atomic E-state index is 12.7. The standard InChI is InChI=1S/C22H23N5O5S/c28-20-10-9-19(26-27(20)18-11-12-33(31,32)14-18)21(29)23-16-7-4-8-17(13-16)25-22(30)24-15-5-2-1-3-6-15/h1-8,13,18H,9-12,14H2,(H,23,29)(H2,24,25,30). The van der Waals surface area contributed by atoms with E-state index in [2.05, 4.69) is 21.1 Å². The molecule has 0 aliphatic carbocycles. The molecule has 1 fully saturated rings. The highest BCUT2D eigenvalue weighted by Gasteiger charge is 2.37. The van der Waals surface area contributed by atoms with Gasteiger partial charge in [0.05, 0.1) is 17.5 Å². The van der Waals surface area contributed by atoms with Gasteiger partial charge in [0.15, 0.2) is 9.84 Å². The Morgan fingerprint density at radius 3 is 2.27 bits per heavy atom. The van der Waals surface area contributed by atoms with Crippen molar-refractivity contribution in [2.75, 3.05) is 27.5 Å². The van der Waals surface area contributed by atoms with Crippen molar-refractivity contribution in [2.24, 2.45) is 5.10 Å². The highest BCUT2D eigenvalue weighted by molar-refractivity contribution is 7.91. The Balaban J connectivity index is 1.40. The second kappa shape index (κ2) is 9.41. The van der Waals surface area contributed by atoms with Gasteiger partial charge >= 0.3 is 6.03 Å². The third kappa shape index (κ3) is 5.75. The fraction of sp³-hybridized carbons (Fsp3) is 0.273. The van der Waals surface area contributed by atoms with E-state index in [1.165, 1.54) is 0 Å². The van der Waals surface area contributed by atoms with E-state index in [1.807, 2.05) is 6.07 Å². The predicted molar refractivity (Wildman–Crippen MR) is 125 cm³/mol. The third-order valence-electron chi connectivity index (χ3n) is 5.29.